The molecule has 0 amide bonds. The van der Waals surface area contributed by atoms with Crippen LogP contribution >= 0.6 is 0 Å². The van der Waals surface area contributed by atoms with Crippen LogP contribution in [0, 0.1) is 0 Å². The number of aromatic amines is 1. The fourth-order valence-corrected chi connectivity index (χ4v) is 1.06. The molecular weight excluding hydrogens is 156 g/mol. The van der Waals surface area contributed by atoms with Crippen molar-refractivity contribution in [1.82, 2.24) is 10.2 Å². The Kier molecular flexibility index (Phi) is 1.33. The molecule has 0 aliphatic heterocycles. The number of benzene rings is 1. The molecule has 0 aliphatic carbocycles. The van der Waals surface area contributed by atoms with E-state index in [1.54, 1.807) is 12.3 Å². The third kappa shape index (κ3) is 0.934. The molecule has 0 saturated carbocycles. The zero-order chi connectivity index (χ0) is 8.55. The molecule has 1 aromatic carbocycles. The molecule has 0 aliphatic rings. The minimum Gasteiger partial charge on any atom is -0.545 e. The van der Waals surface area contributed by atoms with E-state index < -0.39 is 5.97 Å². The van der Waals surface area contributed by atoms with Crippen molar-refractivity contribution in [3.8, 4) is 0 Å². The summed E-state index contributed by atoms with van der Waals surface area (Å²) in [6, 6.07) is 4.68. The Balaban J connectivity index is 2.68. The second kappa shape index (κ2) is 2.34. The smallest absolute Gasteiger partial charge is 0.0716 e. The predicted molar refractivity (Wildman–Crippen MR) is 40.4 cm³/mol. The van der Waals surface area contributed by atoms with Crippen LogP contribution in [-0.4, -0.2) is 16.2 Å². The van der Waals surface area contributed by atoms with Gasteiger partial charge in [-0.3, -0.25) is 5.10 Å². The summed E-state index contributed by atoms with van der Waals surface area (Å²) < 4.78 is 0. The first-order chi connectivity index (χ1) is 5.77. The fourth-order valence-electron chi connectivity index (χ4n) is 1.06. The van der Waals surface area contributed by atoms with Gasteiger partial charge in [-0.2, -0.15) is 5.10 Å². The van der Waals surface area contributed by atoms with Crippen molar-refractivity contribution in [3.63, 3.8) is 0 Å². The van der Waals surface area contributed by atoms with Crippen LogP contribution in [0.25, 0.3) is 10.9 Å². The molecule has 0 radical (unpaired) electrons. The normalized spacial score (nSPS) is 10.3. The first-order valence-corrected chi connectivity index (χ1v) is 3.42. The Morgan fingerprint density at radius 3 is 3.08 bits per heavy atom. The molecule has 1 N–H and O–H groups in total. The molecule has 4 heteroatoms. The van der Waals surface area contributed by atoms with Crippen LogP contribution < -0.4 is 5.11 Å². The Morgan fingerprint density at radius 2 is 2.33 bits per heavy atom. The maximum atomic E-state index is 10.4. The fraction of sp³-hybridized carbons (Fsp3) is 0. The molecule has 12 heavy (non-hydrogen) atoms. The molecule has 2 rings (SSSR count). The van der Waals surface area contributed by atoms with E-state index in [4.69, 9.17) is 0 Å². The molecule has 1 aromatic heterocycles. The van der Waals surface area contributed by atoms with Gasteiger partial charge in [0.15, 0.2) is 0 Å². The van der Waals surface area contributed by atoms with Crippen molar-refractivity contribution < 1.29 is 9.90 Å². The molecular formula is C8H5N2O2-. The van der Waals surface area contributed by atoms with Crippen LogP contribution in [-0.2, 0) is 0 Å². The highest BCUT2D eigenvalue weighted by atomic mass is 16.4. The van der Waals surface area contributed by atoms with E-state index in [0.29, 0.717) is 5.52 Å². The van der Waals surface area contributed by atoms with Crippen molar-refractivity contribution in [3.05, 3.63) is 30.0 Å². The topological polar surface area (TPSA) is 68.8 Å². The van der Waals surface area contributed by atoms with E-state index in [2.05, 4.69) is 10.2 Å². The second-order valence-corrected chi connectivity index (χ2v) is 2.46. The minimum atomic E-state index is -1.17. The third-order valence-electron chi connectivity index (χ3n) is 1.68. The summed E-state index contributed by atoms with van der Waals surface area (Å²) in [6.45, 7) is 0. The number of rotatable bonds is 1. The minimum absolute atomic E-state index is 0.159. The van der Waals surface area contributed by atoms with Gasteiger partial charge in [0.2, 0.25) is 0 Å². The lowest BCUT2D eigenvalue weighted by Gasteiger charge is -2.00. The summed E-state index contributed by atoms with van der Waals surface area (Å²) in [5.41, 5.74) is 0.864. The van der Waals surface area contributed by atoms with E-state index in [1.165, 1.54) is 12.1 Å². The third-order valence-corrected chi connectivity index (χ3v) is 1.68. The van der Waals surface area contributed by atoms with Gasteiger partial charge in [-0.05, 0) is 11.6 Å². The van der Waals surface area contributed by atoms with Gasteiger partial charge in [0, 0.05) is 5.39 Å². The maximum absolute atomic E-state index is 10.4. The summed E-state index contributed by atoms with van der Waals surface area (Å²) in [7, 11) is 0. The Hall–Kier alpha value is -1.84. The average molecular weight is 161 g/mol. The summed E-state index contributed by atoms with van der Waals surface area (Å²) in [6.07, 6.45) is 1.63. The first-order valence-electron chi connectivity index (χ1n) is 3.42. The molecule has 0 spiro atoms. The molecule has 0 saturated heterocycles. The van der Waals surface area contributed by atoms with Crippen LogP contribution in [0.15, 0.2) is 24.4 Å². The van der Waals surface area contributed by atoms with Crippen LogP contribution in [0.1, 0.15) is 10.4 Å². The molecule has 4 nitrogen and oxygen atoms in total. The number of carboxylic acids is 1. The van der Waals surface area contributed by atoms with Gasteiger partial charge in [-0.1, -0.05) is 12.1 Å². The van der Waals surface area contributed by atoms with Gasteiger partial charge < -0.3 is 9.90 Å². The van der Waals surface area contributed by atoms with Gasteiger partial charge in [-0.25, -0.2) is 0 Å². The molecule has 60 valence electrons. The highest BCUT2D eigenvalue weighted by molar-refractivity contribution is 5.91. The van der Waals surface area contributed by atoms with E-state index >= 15 is 0 Å². The van der Waals surface area contributed by atoms with Gasteiger partial charge in [-0.15, -0.1) is 0 Å². The molecule has 0 fully saturated rings. The summed E-state index contributed by atoms with van der Waals surface area (Å²) >= 11 is 0. The van der Waals surface area contributed by atoms with Crippen molar-refractivity contribution in [1.29, 1.82) is 0 Å². The quantitative estimate of drug-likeness (QED) is 0.636. The first kappa shape index (κ1) is 6.84. The maximum Gasteiger partial charge on any atom is 0.0716 e. The lowest BCUT2D eigenvalue weighted by Crippen LogP contribution is -2.21. The number of H-pyrrole nitrogens is 1. The van der Waals surface area contributed by atoms with Gasteiger partial charge >= 0.3 is 0 Å². The summed E-state index contributed by atoms with van der Waals surface area (Å²) in [4.78, 5) is 10.4. The number of hydrogen-bond donors (Lipinski definition) is 1. The Bertz CT molecular complexity index is 433. The molecule has 0 atom stereocenters. The number of fused-ring (bicyclic) bond motifs is 1. The predicted octanol–water partition coefficient (Wildman–Crippen LogP) is -0.0736. The number of carboxylic acid groups (broad SMARTS) is 1. The largest absolute Gasteiger partial charge is 0.545 e. The van der Waals surface area contributed by atoms with Crippen molar-refractivity contribution in [2.24, 2.45) is 0 Å². The summed E-state index contributed by atoms with van der Waals surface area (Å²) in [5, 5.41) is 17.7. The Labute approximate surface area is 67.8 Å². The van der Waals surface area contributed by atoms with E-state index in [1.807, 2.05) is 0 Å². The van der Waals surface area contributed by atoms with E-state index in [0.717, 1.165) is 5.39 Å². The SMILES string of the molecule is O=C([O-])c1ccc2cn[nH]c2c1. The van der Waals surface area contributed by atoms with Gasteiger partial charge in [0.1, 0.15) is 0 Å². The van der Waals surface area contributed by atoms with Gasteiger partial charge in [0.25, 0.3) is 0 Å². The molecule has 2 aromatic rings. The second-order valence-electron chi connectivity index (χ2n) is 2.46. The number of aromatic carboxylic acids is 1. The highest BCUT2D eigenvalue weighted by Gasteiger charge is 1.97. The number of aromatic nitrogens is 2. The number of carbonyl (C=O) groups excluding carboxylic acids is 1. The van der Waals surface area contributed by atoms with Gasteiger partial charge in [0.05, 0.1) is 17.7 Å². The standard InChI is InChI=1S/C8H6N2O2/c11-8(12)5-1-2-6-4-9-10-7(6)3-5/h1-4H,(H,9,10)(H,11,12)/p-1. The van der Waals surface area contributed by atoms with Crippen molar-refractivity contribution >= 4 is 16.9 Å². The number of carbonyl (C=O) groups is 1. The lowest BCUT2D eigenvalue weighted by molar-refractivity contribution is -0.255. The monoisotopic (exact) mass is 161 g/mol. The summed E-state index contributed by atoms with van der Waals surface area (Å²) in [5.74, 6) is -1.17. The van der Waals surface area contributed by atoms with E-state index in [-0.39, 0.29) is 5.56 Å². The van der Waals surface area contributed by atoms with Crippen LogP contribution in [0.4, 0.5) is 0 Å². The van der Waals surface area contributed by atoms with Crippen LogP contribution in [0.5, 0.6) is 0 Å². The zero-order valence-electron chi connectivity index (χ0n) is 6.07. The van der Waals surface area contributed by atoms with Crippen LogP contribution in [0.2, 0.25) is 0 Å². The number of nitrogens with one attached hydrogen (secondary N) is 1. The average Bonchev–Trinajstić information content (AvgIpc) is 2.49. The van der Waals surface area contributed by atoms with E-state index in [9.17, 15) is 9.90 Å². The highest BCUT2D eigenvalue weighted by Crippen LogP contribution is 2.11. The number of nitrogens with zero attached hydrogens (tertiary/aromatic N) is 1. The Morgan fingerprint density at radius 1 is 1.50 bits per heavy atom. The van der Waals surface area contributed by atoms with Crippen molar-refractivity contribution in [2.75, 3.05) is 0 Å². The zero-order valence-corrected chi connectivity index (χ0v) is 6.07. The van der Waals surface area contributed by atoms with Crippen molar-refractivity contribution in [2.45, 2.75) is 0 Å². The lowest BCUT2D eigenvalue weighted by atomic mass is 10.2. The van der Waals surface area contributed by atoms with Crippen LogP contribution in [0.3, 0.4) is 0 Å². The molecule has 0 bridgehead atoms. The molecule has 0 unspecified atom stereocenters. The molecule has 1 heterocycles. The number of hydrogen-bond acceptors (Lipinski definition) is 3.